The topological polar surface area (TPSA) is 62.1 Å². The lowest BCUT2D eigenvalue weighted by Crippen LogP contribution is -2.31. The van der Waals surface area contributed by atoms with Gasteiger partial charge in [-0.3, -0.25) is 4.79 Å². The van der Waals surface area contributed by atoms with Crippen LogP contribution in [0.4, 0.5) is 0 Å². The zero-order valence-electron chi connectivity index (χ0n) is 11.9. The molecule has 5 nitrogen and oxygen atoms in total. The molecule has 0 spiro atoms. The Morgan fingerprint density at radius 2 is 2.25 bits per heavy atom. The Bertz CT molecular complexity index is 526. The lowest BCUT2D eigenvalue weighted by atomic mass is 9.90. The Labute approximate surface area is 118 Å². The van der Waals surface area contributed by atoms with Crippen LogP contribution in [0.25, 0.3) is 0 Å². The lowest BCUT2D eigenvalue weighted by Gasteiger charge is -2.18. The summed E-state index contributed by atoms with van der Waals surface area (Å²) in [6.45, 7) is 2.60. The van der Waals surface area contributed by atoms with Crippen LogP contribution in [0, 0.1) is 0 Å². The first kappa shape index (κ1) is 14.4. The third-order valence-corrected chi connectivity index (χ3v) is 3.64. The summed E-state index contributed by atoms with van der Waals surface area (Å²) in [4.78, 5) is 13.3. The summed E-state index contributed by atoms with van der Waals surface area (Å²) in [6, 6.07) is 5.68. The van der Waals surface area contributed by atoms with Gasteiger partial charge in [0.25, 0.3) is 5.91 Å². The van der Waals surface area contributed by atoms with Crippen molar-refractivity contribution < 1.29 is 14.7 Å². The molecule has 0 saturated carbocycles. The minimum Gasteiger partial charge on any atom is -0.484 e. The van der Waals surface area contributed by atoms with E-state index in [1.807, 2.05) is 25.1 Å². The highest BCUT2D eigenvalue weighted by Gasteiger charge is 2.17. The maximum absolute atomic E-state index is 11.7. The van der Waals surface area contributed by atoms with Gasteiger partial charge in [0.05, 0.1) is 5.71 Å². The van der Waals surface area contributed by atoms with Gasteiger partial charge in [-0.05, 0) is 43.9 Å². The molecule has 0 unspecified atom stereocenters. The Morgan fingerprint density at radius 1 is 1.45 bits per heavy atom. The lowest BCUT2D eigenvalue weighted by molar-refractivity contribution is -0.131. The minimum atomic E-state index is -0.0544. The van der Waals surface area contributed by atoms with Crippen LogP contribution in [-0.2, 0) is 11.2 Å². The molecule has 1 aromatic carbocycles. The summed E-state index contributed by atoms with van der Waals surface area (Å²) in [5, 5.41) is 12.4. The average molecular weight is 276 g/mol. The van der Waals surface area contributed by atoms with Crippen LogP contribution in [0.2, 0.25) is 0 Å². The largest absolute Gasteiger partial charge is 0.484 e. The number of amides is 1. The van der Waals surface area contributed by atoms with Crippen molar-refractivity contribution in [2.75, 3.05) is 20.2 Å². The Kier molecular flexibility index (Phi) is 4.61. The van der Waals surface area contributed by atoms with E-state index >= 15 is 0 Å². The van der Waals surface area contributed by atoms with E-state index in [-0.39, 0.29) is 12.5 Å². The minimum absolute atomic E-state index is 0.0225. The van der Waals surface area contributed by atoms with E-state index in [0.29, 0.717) is 18.0 Å². The monoisotopic (exact) mass is 276 g/mol. The molecule has 2 rings (SSSR count). The first-order chi connectivity index (χ1) is 9.65. The number of carbonyl (C=O) groups is 1. The summed E-state index contributed by atoms with van der Waals surface area (Å²) in [5.74, 6) is 0.575. The van der Waals surface area contributed by atoms with E-state index in [9.17, 15) is 4.79 Å². The summed E-state index contributed by atoms with van der Waals surface area (Å²) in [6.07, 6.45) is 2.74. The molecule has 0 fully saturated rings. The van der Waals surface area contributed by atoms with Crippen molar-refractivity contribution in [2.45, 2.75) is 26.2 Å². The number of oxime groups is 1. The predicted molar refractivity (Wildman–Crippen MR) is 76.5 cm³/mol. The fraction of sp³-hybridized carbons (Fsp3) is 0.467. The van der Waals surface area contributed by atoms with Crippen LogP contribution in [0.3, 0.4) is 0 Å². The number of fused-ring (bicyclic) bond motifs is 1. The second kappa shape index (κ2) is 6.41. The molecule has 20 heavy (non-hydrogen) atoms. The third-order valence-electron chi connectivity index (χ3n) is 3.64. The second-order valence-corrected chi connectivity index (χ2v) is 4.92. The van der Waals surface area contributed by atoms with Gasteiger partial charge in [0.15, 0.2) is 6.61 Å². The number of nitrogens with zero attached hydrogens (tertiary/aromatic N) is 2. The first-order valence-corrected chi connectivity index (χ1v) is 6.86. The molecule has 0 radical (unpaired) electrons. The van der Waals surface area contributed by atoms with Crippen molar-refractivity contribution in [2.24, 2.45) is 5.16 Å². The van der Waals surface area contributed by atoms with E-state index in [0.717, 1.165) is 30.4 Å². The average Bonchev–Trinajstić information content (AvgIpc) is 2.50. The van der Waals surface area contributed by atoms with Crippen molar-refractivity contribution in [1.29, 1.82) is 0 Å². The molecule has 1 aliphatic rings. The highest BCUT2D eigenvalue weighted by molar-refractivity contribution is 6.02. The molecule has 5 heteroatoms. The predicted octanol–water partition coefficient (Wildman–Crippen LogP) is 2.06. The van der Waals surface area contributed by atoms with Crippen LogP contribution in [-0.4, -0.2) is 41.9 Å². The van der Waals surface area contributed by atoms with Crippen LogP contribution in [0.5, 0.6) is 5.75 Å². The fourth-order valence-corrected chi connectivity index (χ4v) is 2.25. The third kappa shape index (κ3) is 3.10. The van der Waals surface area contributed by atoms with Crippen LogP contribution in [0.1, 0.15) is 30.9 Å². The summed E-state index contributed by atoms with van der Waals surface area (Å²) in [7, 11) is 1.75. The van der Waals surface area contributed by atoms with Gasteiger partial charge in [-0.25, -0.2) is 0 Å². The van der Waals surface area contributed by atoms with E-state index in [2.05, 4.69) is 5.16 Å². The quantitative estimate of drug-likeness (QED) is 0.676. The van der Waals surface area contributed by atoms with Crippen molar-refractivity contribution in [3.8, 4) is 5.75 Å². The zero-order valence-corrected chi connectivity index (χ0v) is 11.9. The van der Waals surface area contributed by atoms with Crippen LogP contribution in [0.15, 0.2) is 23.4 Å². The highest BCUT2D eigenvalue weighted by Crippen LogP contribution is 2.26. The van der Waals surface area contributed by atoms with E-state index in [1.165, 1.54) is 0 Å². The van der Waals surface area contributed by atoms with Crippen molar-refractivity contribution in [3.63, 3.8) is 0 Å². The first-order valence-electron chi connectivity index (χ1n) is 6.86. The molecule has 0 saturated heterocycles. The number of likely N-dealkylation sites (N-methyl/N-ethyl adjacent to an activating group) is 1. The molecule has 0 heterocycles. The highest BCUT2D eigenvalue weighted by atomic mass is 16.5. The summed E-state index contributed by atoms with van der Waals surface area (Å²) < 4.78 is 5.52. The van der Waals surface area contributed by atoms with Gasteiger partial charge in [-0.15, -0.1) is 0 Å². The van der Waals surface area contributed by atoms with Gasteiger partial charge in [-0.1, -0.05) is 11.2 Å². The Morgan fingerprint density at radius 3 is 2.95 bits per heavy atom. The van der Waals surface area contributed by atoms with E-state index in [4.69, 9.17) is 9.94 Å². The molecule has 0 bridgehead atoms. The van der Waals surface area contributed by atoms with Gasteiger partial charge >= 0.3 is 0 Å². The molecule has 1 amide bonds. The summed E-state index contributed by atoms with van der Waals surface area (Å²) >= 11 is 0. The van der Waals surface area contributed by atoms with Gasteiger partial charge in [0.2, 0.25) is 0 Å². The van der Waals surface area contributed by atoms with E-state index < -0.39 is 0 Å². The summed E-state index contributed by atoms with van der Waals surface area (Å²) in [5.41, 5.74) is 2.77. The maximum atomic E-state index is 11.7. The zero-order chi connectivity index (χ0) is 14.5. The molecule has 108 valence electrons. The molecular formula is C15H20N2O3. The molecule has 1 N–H and O–H groups in total. The van der Waals surface area contributed by atoms with Gasteiger partial charge in [0, 0.05) is 19.2 Å². The maximum Gasteiger partial charge on any atom is 0.260 e. The molecule has 1 aromatic rings. The number of aryl methyl sites for hydroxylation is 1. The van der Waals surface area contributed by atoms with Gasteiger partial charge in [-0.2, -0.15) is 0 Å². The number of benzene rings is 1. The molecule has 0 atom stereocenters. The van der Waals surface area contributed by atoms with Gasteiger partial charge in [0.1, 0.15) is 5.75 Å². The second-order valence-electron chi connectivity index (χ2n) is 4.92. The standard InChI is InChI=1S/C15H20N2O3/c1-3-17(2)15(18)10-20-12-8-7-11-5-4-6-14(16-19)13(11)9-12/h7-9,19H,3-6,10H2,1-2H3/b16-14-. The fourth-order valence-electron chi connectivity index (χ4n) is 2.25. The SMILES string of the molecule is CCN(C)C(=O)COc1ccc2c(c1)/C(=N\O)CCC2. The van der Waals surface area contributed by atoms with Gasteiger partial charge < -0.3 is 14.8 Å². The smallest absolute Gasteiger partial charge is 0.260 e. The molecule has 1 aliphatic carbocycles. The van der Waals surface area contributed by atoms with Crippen LogP contribution < -0.4 is 4.74 Å². The normalized spacial score (nSPS) is 15.8. The number of hydrogen-bond acceptors (Lipinski definition) is 4. The van der Waals surface area contributed by atoms with Crippen LogP contribution >= 0.6 is 0 Å². The molecular weight excluding hydrogens is 256 g/mol. The Hall–Kier alpha value is -2.04. The number of ether oxygens (including phenoxy) is 1. The number of carbonyl (C=O) groups excluding carboxylic acids is 1. The Balaban J connectivity index is 2.09. The number of rotatable bonds is 4. The van der Waals surface area contributed by atoms with E-state index in [1.54, 1.807) is 11.9 Å². The molecule has 0 aromatic heterocycles. The molecule has 0 aliphatic heterocycles. The van der Waals surface area contributed by atoms with Crippen molar-refractivity contribution in [1.82, 2.24) is 4.90 Å². The van der Waals surface area contributed by atoms with Crippen molar-refractivity contribution >= 4 is 11.6 Å². The van der Waals surface area contributed by atoms with Crippen molar-refractivity contribution in [3.05, 3.63) is 29.3 Å². The number of hydrogen-bond donors (Lipinski definition) is 1.